The van der Waals surface area contributed by atoms with Crippen LogP contribution in [0.25, 0.3) is 16.8 Å². The standard InChI is InChI=1S/C21H14O2/c22-20-8-4-2-6-16(20)9-11-17-12-13-19-18-7-3-1-5-15(18)10-14-21(19)23-17/h1-14H/b16-9+,17-11-. The van der Waals surface area contributed by atoms with Crippen molar-refractivity contribution >= 4 is 22.6 Å². The third-order valence-electron chi connectivity index (χ3n) is 3.92. The number of carbonyl (C=O) groups excluding carboxylic acids is 1. The van der Waals surface area contributed by atoms with Gasteiger partial charge in [-0.05, 0) is 47.2 Å². The Morgan fingerprint density at radius 2 is 1.70 bits per heavy atom. The van der Waals surface area contributed by atoms with Crippen molar-refractivity contribution in [2.75, 3.05) is 0 Å². The molecule has 2 heteroatoms. The van der Waals surface area contributed by atoms with E-state index in [-0.39, 0.29) is 5.78 Å². The molecule has 0 saturated carbocycles. The lowest BCUT2D eigenvalue weighted by atomic mass is 10.0. The van der Waals surface area contributed by atoms with Gasteiger partial charge in [0.1, 0.15) is 11.5 Å². The second-order valence-electron chi connectivity index (χ2n) is 5.41. The monoisotopic (exact) mass is 298 g/mol. The Kier molecular flexibility index (Phi) is 3.28. The van der Waals surface area contributed by atoms with Crippen LogP contribution in [0.4, 0.5) is 0 Å². The number of hydrogen-bond acceptors (Lipinski definition) is 2. The zero-order valence-corrected chi connectivity index (χ0v) is 12.4. The van der Waals surface area contributed by atoms with E-state index in [0.717, 1.165) is 17.1 Å². The van der Waals surface area contributed by atoms with E-state index in [2.05, 4.69) is 24.3 Å². The largest absolute Gasteiger partial charge is 0.457 e. The van der Waals surface area contributed by atoms with Crippen LogP contribution in [0.15, 0.2) is 90.3 Å². The van der Waals surface area contributed by atoms with Crippen LogP contribution in [-0.4, -0.2) is 5.78 Å². The fraction of sp³-hybridized carbons (Fsp3) is 0. The zero-order chi connectivity index (χ0) is 15.6. The number of carbonyl (C=O) groups is 1. The molecule has 0 unspecified atom stereocenters. The minimum atomic E-state index is 0.00975. The second kappa shape index (κ2) is 5.58. The van der Waals surface area contributed by atoms with Crippen LogP contribution in [0, 0.1) is 0 Å². The second-order valence-corrected chi connectivity index (χ2v) is 5.41. The third-order valence-corrected chi connectivity index (χ3v) is 3.92. The molecule has 0 N–H and O–H groups in total. The molecule has 2 aliphatic rings. The lowest BCUT2D eigenvalue weighted by molar-refractivity contribution is -0.111. The molecule has 0 aromatic heterocycles. The lowest BCUT2D eigenvalue weighted by Gasteiger charge is -2.16. The summed E-state index contributed by atoms with van der Waals surface area (Å²) in [5, 5.41) is 2.37. The van der Waals surface area contributed by atoms with Crippen molar-refractivity contribution in [3.8, 4) is 5.75 Å². The Labute approximate surface area is 134 Å². The first-order valence-electron chi connectivity index (χ1n) is 7.50. The van der Waals surface area contributed by atoms with Gasteiger partial charge in [0, 0.05) is 11.1 Å². The summed E-state index contributed by atoms with van der Waals surface area (Å²) in [6.45, 7) is 0. The summed E-state index contributed by atoms with van der Waals surface area (Å²) in [6, 6.07) is 12.3. The highest BCUT2D eigenvalue weighted by Crippen LogP contribution is 2.33. The SMILES string of the molecule is O=C1C=CC=C/C1=C\C=C1\C=Cc2c(ccc3ccccc23)O1. The van der Waals surface area contributed by atoms with Gasteiger partial charge >= 0.3 is 0 Å². The van der Waals surface area contributed by atoms with E-state index in [0.29, 0.717) is 5.57 Å². The van der Waals surface area contributed by atoms with Gasteiger partial charge in [-0.3, -0.25) is 4.79 Å². The van der Waals surface area contributed by atoms with E-state index < -0.39 is 0 Å². The van der Waals surface area contributed by atoms with E-state index >= 15 is 0 Å². The molecule has 0 atom stereocenters. The summed E-state index contributed by atoms with van der Waals surface area (Å²) >= 11 is 0. The molecule has 1 aliphatic carbocycles. The topological polar surface area (TPSA) is 26.3 Å². The highest BCUT2D eigenvalue weighted by molar-refractivity contribution is 6.07. The van der Waals surface area contributed by atoms with Crippen molar-refractivity contribution in [1.29, 1.82) is 0 Å². The highest BCUT2D eigenvalue weighted by atomic mass is 16.5. The van der Waals surface area contributed by atoms with Gasteiger partial charge in [-0.15, -0.1) is 0 Å². The molecule has 2 nitrogen and oxygen atoms in total. The summed E-state index contributed by atoms with van der Waals surface area (Å²) in [6.07, 6.45) is 14.6. The van der Waals surface area contributed by atoms with Crippen molar-refractivity contribution in [1.82, 2.24) is 0 Å². The van der Waals surface area contributed by atoms with Gasteiger partial charge in [0.05, 0.1) is 0 Å². The van der Waals surface area contributed by atoms with Gasteiger partial charge in [0.15, 0.2) is 5.78 Å². The van der Waals surface area contributed by atoms with Gasteiger partial charge in [0.25, 0.3) is 0 Å². The summed E-state index contributed by atoms with van der Waals surface area (Å²) in [7, 11) is 0. The Bertz CT molecular complexity index is 953. The average molecular weight is 298 g/mol. The molecule has 0 radical (unpaired) electrons. The first-order valence-corrected chi connectivity index (χ1v) is 7.50. The van der Waals surface area contributed by atoms with E-state index in [1.807, 2.05) is 36.4 Å². The molecule has 1 heterocycles. The highest BCUT2D eigenvalue weighted by Gasteiger charge is 2.12. The first kappa shape index (κ1) is 13.5. The van der Waals surface area contributed by atoms with Crippen molar-refractivity contribution in [2.45, 2.75) is 0 Å². The van der Waals surface area contributed by atoms with Gasteiger partial charge < -0.3 is 4.74 Å². The number of rotatable bonds is 1. The maximum atomic E-state index is 11.7. The molecule has 4 rings (SSSR count). The lowest BCUT2D eigenvalue weighted by Crippen LogP contribution is -2.01. The first-order chi connectivity index (χ1) is 11.3. The third kappa shape index (κ3) is 2.55. The summed E-state index contributed by atoms with van der Waals surface area (Å²) in [5.41, 5.74) is 1.74. The van der Waals surface area contributed by atoms with Crippen LogP contribution in [0.2, 0.25) is 0 Å². The van der Waals surface area contributed by atoms with Crippen molar-refractivity contribution in [3.63, 3.8) is 0 Å². The molecule has 1 aliphatic heterocycles. The van der Waals surface area contributed by atoms with Crippen molar-refractivity contribution in [2.24, 2.45) is 0 Å². The van der Waals surface area contributed by atoms with Gasteiger partial charge in [-0.1, -0.05) is 48.6 Å². The van der Waals surface area contributed by atoms with E-state index in [4.69, 9.17) is 4.74 Å². The molecule has 2 aromatic carbocycles. The Morgan fingerprint density at radius 3 is 2.61 bits per heavy atom. The molecule has 0 fully saturated rings. The van der Waals surface area contributed by atoms with Crippen LogP contribution in [0.3, 0.4) is 0 Å². The summed E-state index contributed by atoms with van der Waals surface area (Å²) < 4.78 is 5.94. The Balaban J connectivity index is 1.68. The molecular formula is C21H14O2. The van der Waals surface area contributed by atoms with Crippen LogP contribution < -0.4 is 4.74 Å². The molecule has 23 heavy (non-hydrogen) atoms. The van der Waals surface area contributed by atoms with Gasteiger partial charge in [-0.25, -0.2) is 0 Å². The molecule has 110 valence electrons. The number of allylic oxidation sites excluding steroid dienone is 8. The van der Waals surface area contributed by atoms with E-state index in [1.165, 1.54) is 10.8 Å². The smallest absolute Gasteiger partial charge is 0.185 e. The number of fused-ring (bicyclic) bond motifs is 3. The van der Waals surface area contributed by atoms with E-state index in [9.17, 15) is 4.79 Å². The fourth-order valence-electron chi connectivity index (χ4n) is 2.74. The minimum absolute atomic E-state index is 0.00975. The predicted molar refractivity (Wildman–Crippen MR) is 93.1 cm³/mol. The number of hydrogen-bond donors (Lipinski definition) is 0. The molecule has 0 spiro atoms. The normalized spacial score (nSPS) is 19.4. The van der Waals surface area contributed by atoms with Gasteiger partial charge in [0.2, 0.25) is 0 Å². The molecule has 0 amide bonds. The maximum absolute atomic E-state index is 11.7. The molecule has 0 bridgehead atoms. The average Bonchev–Trinajstić information content (AvgIpc) is 2.60. The zero-order valence-electron chi connectivity index (χ0n) is 12.4. The fourth-order valence-corrected chi connectivity index (χ4v) is 2.74. The summed E-state index contributed by atoms with van der Waals surface area (Å²) in [4.78, 5) is 11.7. The quantitative estimate of drug-likeness (QED) is 0.710. The van der Waals surface area contributed by atoms with Crippen molar-refractivity contribution < 1.29 is 9.53 Å². The molecule has 2 aromatic rings. The Hall–Kier alpha value is -3.13. The van der Waals surface area contributed by atoms with Gasteiger partial charge in [-0.2, -0.15) is 0 Å². The van der Waals surface area contributed by atoms with Crippen LogP contribution in [0.5, 0.6) is 5.75 Å². The van der Waals surface area contributed by atoms with E-state index in [1.54, 1.807) is 24.3 Å². The Morgan fingerprint density at radius 1 is 0.826 bits per heavy atom. The van der Waals surface area contributed by atoms with Crippen LogP contribution in [0.1, 0.15) is 5.56 Å². The van der Waals surface area contributed by atoms with Crippen LogP contribution in [-0.2, 0) is 4.79 Å². The summed E-state index contributed by atoms with van der Waals surface area (Å²) in [5.74, 6) is 1.56. The number of ketones is 1. The minimum Gasteiger partial charge on any atom is -0.457 e. The number of benzene rings is 2. The van der Waals surface area contributed by atoms with Crippen molar-refractivity contribution in [3.05, 3.63) is 95.8 Å². The molecule has 0 saturated heterocycles. The molecular weight excluding hydrogens is 284 g/mol. The maximum Gasteiger partial charge on any atom is 0.185 e. The predicted octanol–water partition coefficient (Wildman–Crippen LogP) is 4.75. The van der Waals surface area contributed by atoms with Crippen LogP contribution >= 0.6 is 0 Å². The number of ether oxygens (including phenoxy) is 1.